The fraction of sp³-hybridized carbons (Fsp3) is 0. The minimum Gasteiger partial charge on any atom is -0.352 e. The highest BCUT2D eigenvalue weighted by Crippen LogP contribution is 2.10. The molecule has 0 spiro atoms. The molecule has 1 heterocycles. The molecule has 0 aromatic heterocycles. The van der Waals surface area contributed by atoms with Crippen molar-refractivity contribution in [3.05, 3.63) is 17.2 Å². The molecular weight excluding hydrogens is 191 g/mol. The fourth-order valence-corrected chi connectivity index (χ4v) is 0.908. The molecule has 8 heavy (non-hydrogen) atoms. The Morgan fingerprint density at radius 3 is 2.88 bits per heavy atom. The first-order valence-electron chi connectivity index (χ1n) is 1.99. The lowest BCUT2D eigenvalue weighted by Gasteiger charge is -2.03. The summed E-state index contributed by atoms with van der Waals surface area (Å²) in [6.07, 6.45) is 1.77. The van der Waals surface area contributed by atoms with Gasteiger partial charge in [0.25, 0.3) is 0 Å². The van der Waals surface area contributed by atoms with Gasteiger partial charge in [0.2, 0.25) is 0 Å². The molecule has 0 aromatic carbocycles. The number of nitrogens with one attached hydrogen (secondary N) is 1. The van der Waals surface area contributed by atoms with Crippen LogP contribution in [0.5, 0.6) is 0 Å². The van der Waals surface area contributed by atoms with E-state index in [1.807, 2.05) is 0 Å². The Morgan fingerprint density at radius 1 is 1.75 bits per heavy atom. The number of halogens is 2. The lowest BCUT2D eigenvalue weighted by molar-refractivity contribution is 1.15. The molecule has 0 bridgehead atoms. The van der Waals surface area contributed by atoms with Gasteiger partial charge < -0.3 is 5.32 Å². The van der Waals surface area contributed by atoms with Gasteiger partial charge >= 0.3 is 0 Å². The molecule has 2 nitrogen and oxygen atoms in total. The lowest BCUT2D eigenvalue weighted by atomic mass is 10.6. The molecule has 1 N–H and O–H groups in total. The van der Waals surface area contributed by atoms with Gasteiger partial charge in [-0.05, 0) is 33.6 Å². The van der Waals surface area contributed by atoms with Crippen LogP contribution < -0.4 is 5.32 Å². The van der Waals surface area contributed by atoms with E-state index >= 15 is 0 Å². The minimum absolute atomic E-state index is 0.388. The van der Waals surface area contributed by atoms with Gasteiger partial charge in [-0.15, -0.1) is 0 Å². The SMILES string of the molecule is ClC1=NC(Br)=C[CH]N1. The van der Waals surface area contributed by atoms with Crippen LogP contribution in [0.1, 0.15) is 0 Å². The average Bonchev–Trinajstić information content (AvgIpc) is 1.64. The maximum atomic E-state index is 5.45. The zero-order chi connectivity index (χ0) is 5.98. The van der Waals surface area contributed by atoms with E-state index in [1.165, 1.54) is 0 Å². The van der Waals surface area contributed by atoms with Crippen LogP contribution in [-0.4, -0.2) is 5.29 Å². The molecule has 0 aliphatic carbocycles. The molecule has 0 saturated carbocycles. The van der Waals surface area contributed by atoms with E-state index in [9.17, 15) is 0 Å². The van der Waals surface area contributed by atoms with Crippen LogP contribution in [0.4, 0.5) is 0 Å². The van der Waals surface area contributed by atoms with Crippen LogP contribution in [0.25, 0.3) is 0 Å². The second kappa shape index (κ2) is 2.51. The third-order valence-electron chi connectivity index (χ3n) is 0.628. The van der Waals surface area contributed by atoms with E-state index < -0.39 is 0 Å². The summed E-state index contributed by atoms with van der Waals surface area (Å²) in [5, 5.41) is 3.08. The Kier molecular flexibility index (Phi) is 1.91. The smallest absolute Gasteiger partial charge is 0.197 e. The number of hydrogen-bond donors (Lipinski definition) is 1. The molecule has 1 rings (SSSR count). The van der Waals surface area contributed by atoms with E-state index in [2.05, 4.69) is 26.2 Å². The Morgan fingerprint density at radius 2 is 2.50 bits per heavy atom. The van der Waals surface area contributed by atoms with Gasteiger partial charge in [-0.3, -0.25) is 0 Å². The molecule has 43 valence electrons. The van der Waals surface area contributed by atoms with Crippen LogP contribution in [0.15, 0.2) is 15.7 Å². The predicted octanol–water partition coefficient (Wildman–Crippen LogP) is 1.58. The van der Waals surface area contributed by atoms with E-state index in [4.69, 9.17) is 11.6 Å². The summed E-state index contributed by atoms with van der Waals surface area (Å²) in [5.74, 6) is 0. The van der Waals surface area contributed by atoms with Crippen molar-refractivity contribution in [1.29, 1.82) is 0 Å². The minimum atomic E-state index is 0.388. The molecule has 0 aromatic rings. The van der Waals surface area contributed by atoms with Gasteiger partial charge in [-0.1, -0.05) is 0 Å². The summed E-state index contributed by atoms with van der Waals surface area (Å²) >= 11 is 8.59. The summed E-state index contributed by atoms with van der Waals surface area (Å²) in [4.78, 5) is 3.80. The third kappa shape index (κ3) is 1.49. The Labute approximate surface area is 60.8 Å². The largest absolute Gasteiger partial charge is 0.352 e. The van der Waals surface area contributed by atoms with Crippen molar-refractivity contribution < 1.29 is 0 Å². The zero-order valence-electron chi connectivity index (χ0n) is 3.86. The van der Waals surface area contributed by atoms with Crippen molar-refractivity contribution in [2.24, 2.45) is 4.99 Å². The van der Waals surface area contributed by atoms with E-state index in [-0.39, 0.29) is 0 Å². The van der Waals surface area contributed by atoms with Gasteiger partial charge in [0.15, 0.2) is 5.29 Å². The summed E-state index contributed by atoms with van der Waals surface area (Å²) in [6.45, 7) is 1.71. The van der Waals surface area contributed by atoms with Crippen LogP contribution in [0, 0.1) is 6.54 Å². The molecule has 1 radical (unpaired) electrons. The van der Waals surface area contributed by atoms with E-state index in [1.54, 1.807) is 12.6 Å². The third-order valence-corrected chi connectivity index (χ3v) is 1.26. The molecule has 1 aliphatic rings. The molecule has 0 fully saturated rings. The van der Waals surface area contributed by atoms with Crippen LogP contribution >= 0.6 is 27.5 Å². The number of aliphatic imine (C=N–C) groups is 1. The van der Waals surface area contributed by atoms with Gasteiger partial charge in [0.05, 0.1) is 6.54 Å². The van der Waals surface area contributed by atoms with Crippen molar-refractivity contribution >= 4 is 32.8 Å². The number of amidine groups is 1. The van der Waals surface area contributed by atoms with Gasteiger partial charge in [-0.2, -0.15) is 0 Å². The summed E-state index contributed by atoms with van der Waals surface area (Å²) < 4.78 is 0.737. The highest BCUT2D eigenvalue weighted by atomic mass is 79.9. The Balaban J connectivity index is 2.69. The summed E-state index contributed by atoms with van der Waals surface area (Å²) in [7, 11) is 0. The van der Waals surface area contributed by atoms with Gasteiger partial charge in [-0.25, -0.2) is 4.99 Å². The van der Waals surface area contributed by atoms with Crippen LogP contribution in [-0.2, 0) is 0 Å². The second-order valence-corrected chi connectivity index (χ2v) is 2.37. The quantitative estimate of drug-likeness (QED) is 0.582. The topological polar surface area (TPSA) is 24.4 Å². The monoisotopic (exact) mass is 193 g/mol. The Hall–Kier alpha value is -0.0200. The number of rotatable bonds is 0. The van der Waals surface area contributed by atoms with Crippen molar-refractivity contribution in [2.75, 3.05) is 0 Å². The van der Waals surface area contributed by atoms with Crippen molar-refractivity contribution in [1.82, 2.24) is 5.32 Å². The average molecular weight is 194 g/mol. The van der Waals surface area contributed by atoms with Gasteiger partial charge in [0.1, 0.15) is 4.61 Å². The highest BCUT2D eigenvalue weighted by Gasteiger charge is 1.98. The molecular formula is C4H3BrClN2. The standard InChI is InChI=1S/C4H3BrClN2/c5-3-1-2-7-4(6)8-3/h1-2H,(H,7,8). The lowest BCUT2D eigenvalue weighted by Crippen LogP contribution is -2.16. The first-order valence-corrected chi connectivity index (χ1v) is 3.16. The van der Waals surface area contributed by atoms with E-state index in [0.717, 1.165) is 4.61 Å². The molecule has 0 unspecified atom stereocenters. The molecule has 0 amide bonds. The normalized spacial score (nSPS) is 18.8. The van der Waals surface area contributed by atoms with Crippen molar-refractivity contribution in [2.45, 2.75) is 0 Å². The number of nitrogens with zero attached hydrogens (tertiary/aromatic N) is 1. The maximum Gasteiger partial charge on any atom is 0.197 e. The van der Waals surface area contributed by atoms with Crippen LogP contribution in [0.2, 0.25) is 0 Å². The summed E-state index contributed by atoms with van der Waals surface area (Å²) in [6, 6.07) is 0. The summed E-state index contributed by atoms with van der Waals surface area (Å²) in [5.41, 5.74) is 0. The molecule has 0 saturated heterocycles. The first kappa shape index (κ1) is 6.11. The van der Waals surface area contributed by atoms with Crippen LogP contribution in [0.3, 0.4) is 0 Å². The second-order valence-electron chi connectivity index (χ2n) is 1.20. The van der Waals surface area contributed by atoms with Gasteiger partial charge in [0, 0.05) is 0 Å². The maximum absolute atomic E-state index is 5.45. The Bertz CT molecular complexity index is 152. The highest BCUT2D eigenvalue weighted by molar-refractivity contribution is 9.11. The molecule has 4 heteroatoms. The first-order chi connectivity index (χ1) is 3.79. The molecule has 1 aliphatic heterocycles. The predicted molar refractivity (Wildman–Crippen MR) is 37.7 cm³/mol. The molecule has 0 atom stereocenters. The van der Waals surface area contributed by atoms with Crippen molar-refractivity contribution in [3.8, 4) is 0 Å². The zero-order valence-corrected chi connectivity index (χ0v) is 6.20. The number of hydrogen-bond acceptors (Lipinski definition) is 2. The van der Waals surface area contributed by atoms with Crippen molar-refractivity contribution in [3.63, 3.8) is 0 Å². The van der Waals surface area contributed by atoms with E-state index in [0.29, 0.717) is 5.29 Å². The fourth-order valence-electron chi connectivity index (χ4n) is 0.343.